The molecule has 4 heterocycles. The molecule has 0 bridgehead atoms. The molecule has 9 nitrogen and oxygen atoms in total. The molecule has 1 atom stereocenters. The number of fused-ring (bicyclic) bond motifs is 2. The van der Waals surface area contributed by atoms with Gasteiger partial charge in [-0.05, 0) is 65.0 Å². The fraction of sp³-hybridized carbons (Fsp3) is 0.429. The Morgan fingerprint density at radius 1 is 1.31 bits per heavy atom. The molecule has 5 rings (SSSR count). The second kappa shape index (κ2) is 8.78. The molecule has 0 radical (unpaired) electrons. The number of benzene rings is 1. The molecule has 32 heavy (non-hydrogen) atoms. The lowest BCUT2D eigenvalue weighted by molar-refractivity contribution is -0.130. The molecule has 1 aromatic rings. The van der Waals surface area contributed by atoms with Crippen LogP contribution in [0.2, 0.25) is 0 Å². The van der Waals surface area contributed by atoms with Gasteiger partial charge in [0.2, 0.25) is 12.7 Å². The molecule has 1 amide bonds. The smallest absolute Gasteiger partial charge is 0.231 e. The number of rotatable bonds is 5. The van der Waals surface area contributed by atoms with E-state index < -0.39 is 0 Å². The van der Waals surface area contributed by atoms with Crippen LogP contribution >= 0.6 is 27.7 Å². The van der Waals surface area contributed by atoms with Crippen LogP contribution in [0.15, 0.2) is 33.0 Å². The summed E-state index contributed by atoms with van der Waals surface area (Å²) in [7, 11) is 0. The van der Waals surface area contributed by atoms with Gasteiger partial charge in [0.15, 0.2) is 34.0 Å². The van der Waals surface area contributed by atoms with Crippen molar-refractivity contribution in [3.63, 3.8) is 0 Å². The van der Waals surface area contributed by atoms with Crippen LogP contribution in [0.1, 0.15) is 26.2 Å². The minimum atomic E-state index is 0.150. The predicted octanol–water partition coefficient (Wildman–Crippen LogP) is 3.65. The zero-order chi connectivity index (χ0) is 22.2. The molecule has 0 saturated carbocycles. The molecule has 1 unspecified atom stereocenters. The Bertz CT molecular complexity index is 1140. The molecule has 168 valence electrons. The molecule has 11 heteroatoms. The van der Waals surface area contributed by atoms with Crippen molar-refractivity contribution in [2.45, 2.75) is 42.8 Å². The third-order valence-electron chi connectivity index (χ3n) is 5.84. The van der Waals surface area contributed by atoms with Gasteiger partial charge in [-0.2, -0.15) is 0 Å². The van der Waals surface area contributed by atoms with E-state index in [1.54, 1.807) is 13.3 Å². The van der Waals surface area contributed by atoms with Crippen molar-refractivity contribution >= 4 is 39.4 Å². The lowest BCUT2D eigenvalue weighted by atomic mass is 9.94. The Labute approximate surface area is 198 Å². The molecule has 4 aliphatic heterocycles. The Balaban J connectivity index is 1.35. The monoisotopic (exact) mass is 518 g/mol. The van der Waals surface area contributed by atoms with Gasteiger partial charge in [-0.25, -0.2) is 15.0 Å². The fourth-order valence-corrected chi connectivity index (χ4v) is 5.48. The van der Waals surface area contributed by atoms with E-state index in [0.29, 0.717) is 34.1 Å². The molecule has 2 N–H and O–H groups in total. The van der Waals surface area contributed by atoms with Crippen molar-refractivity contribution in [1.82, 2.24) is 24.4 Å². The van der Waals surface area contributed by atoms with Crippen molar-refractivity contribution in [1.29, 1.82) is 0 Å². The van der Waals surface area contributed by atoms with Gasteiger partial charge < -0.3 is 24.7 Å². The van der Waals surface area contributed by atoms with Gasteiger partial charge in [-0.3, -0.25) is 4.79 Å². The lowest BCUT2D eigenvalue weighted by Gasteiger charge is -2.32. The highest BCUT2D eigenvalue weighted by Crippen LogP contribution is 2.43. The van der Waals surface area contributed by atoms with Crippen LogP contribution in [0.5, 0.6) is 11.5 Å². The number of halogens is 1. The maximum Gasteiger partial charge on any atom is 0.231 e. The van der Waals surface area contributed by atoms with Crippen molar-refractivity contribution in [3.8, 4) is 23.0 Å². The number of nitrogen functional groups attached to an aromatic ring is 1. The predicted molar refractivity (Wildman–Crippen MR) is 123 cm³/mol. The Morgan fingerprint density at radius 2 is 2.12 bits per heavy atom. The van der Waals surface area contributed by atoms with E-state index in [4.69, 9.17) is 20.2 Å². The van der Waals surface area contributed by atoms with Crippen LogP contribution in [0.3, 0.4) is 0 Å². The van der Waals surface area contributed by atoms with Crippen LogP contribution in [-0.2, 0) is 11.3 Å². The van der Waals surface area contributed by atoms with Crippen molar-refractivity contribution in [2.24, 2.45) is 5.92 Å². The molecule has 1 aromatic carbocycles. The number of hydrogen-bond donors (Lipinski definition) is 1. The number of aromatic nitrogens is 4. The van der Waals surface area contributed by atoms with E-state index >= 15 is 0 Å². The number of carbonyl (C=O) groups is 1. The number of anilines is 1. The third kappa shape index (κ3) is 4.23. The zero-order valence-corrected chi connectivity index (χ0v) is 20.0. The van der Waals surface area contributed by atoms with Crippen molar-refractivity contribution < 1.29 is 14.3 Å². The number of nitrogens with two attached hydrogens (primary N) is 1. The molecule has 4 aliphatic rings. The normalized spacial score (nSPS) is 17.8. The average molecular weight is 519 g/mol. The number of ether oxygens (including phenoxy) is 2. The number of amides is 1. The number of aryl methyl sites for hydroxylation is 1. The summed E-state index contributed by atoms with van der Waals surface area (Å²) < 4.78 is 13.8. The molecular weight excluding hydrogens is 496 g/mol. The molecule has 1 fully saturated rings. The van der Waals surface area contributed by atoms with Crippen LogP contribution in [-0.4, -0.2) is 50.2 Å². The van der Waals surface area contributed by atoms with Gasteiger partial charge in [0.25, 0.3) is 0 Å². The highest BCUT2D eigenvalue weighted by atomic mass is 79.9. The van der Waals surface area contributed by atoms with Gasteiger partial charge in [0.05, 0.1) is 6.33 Å². The first-order valence-electron chi connectivity index (χ1n) is 10.5. The Hall–Kier alpha value is -2.53. The van der Waals surface area contributed by atoms with Gasteiger partial charge in [0.1, 0.15) is 0 Å². The van der Waals surface area contributed by atoms with Gasteiger partial charge in [-0.15, -0.1) is 0 Å². The second-order valence-corrected chi connectivity index (χ2v) is 9.86. The number of likely N-dealkylation sites (tertiary alicyclic amines) is 1. The van der Waals surface area contributed by atoms with Gasteiger partial charge >= 0.3 is 0 Å². The van der Waals surface area contributed by atoms with E-state index in [1.807, 2.05) is 21.6 Å². The van der Waals surface area contributed by atoms with Gasteiger partial charge in [-0.1, -0.05) is 0 Å². The van der Waals surface area contributed by atoms with E-state index in [1.165, 1.54) is 11.8 Å². The van der Waals surface area contributed by atoms with Crippen LogP contribution in [0, 0.1) is 5.92 Å². The fourth-order valence-electron chi connectivity index (χ4n) is 4.13. The third-order valence-corrected chi connectivity index (χ3v) is 7.68. The average Bonchev–Trinajstić information content (AvgIpc) is 3.41. The van der Waals surface area contributed by atoms with Crippen molar-refractivity contribution in [2.75, 3.05) is 25.6 Å². The summed E-state index contributed by atoms with van der Waals surface area (Å²) in [6.07, 6.45) is 4.84. The highest BCUT2D eigenvalue weighted by Gasteiger charge is 2.24. The van der Waals surface area contributed by atoms with E-state index in [2.05, 4.69) is 25.9 Å². The number of nitrogens with zero attached hydrogens (tertiary/aromatic N) is 5. The SMILES string of the molecule is CC(=O)N1CCCC(CCn2cnc(N)c3nc(Sc4cc5c(cc4Br)OCO5)nc2-3)C1. The Morgan fingerprint density at radius 3 is 2.94 bits per heavy atom. The van der Waals surface area contributed by atoms with E-state index in [0.717, 1.165) is 54.1 Å². The maximum absolute atomic E-state index is 11.7. The second-order valence-electron chi connectivity index (χ2n) is 8.00. The van der Waals surface area contributed by atoms with Crippen molar-refractivity contribution in [3.05, 3.63) is 22.9 Å². The quantitative estimate of drug-likeness (QED) is 0.545. The van der Waals surface area contributed by atoms with E-state index in [-0.39, 0.29) is 12.7 Å². The topological polar surface area (TPSA) is 108 Å². The first-order chi connectivity index (χ1) is 15.5. The minimum Gasteiger partial charge on any atom is -0.454 e. The Kier molecular flexibility index (Phi) is 5.85. The molecule has 0 aliphatic carbocycles. The number of piperidine rings is 1. The summed E-state index contributed by atoms with van der Waals surface area (Å²) in [5.74, 6) is 3.12. The standard InChI is InChI=1S/C21H23BrN6O3S/c1-12(29)27-5-2-3-13(9-27)4-6-28-10-24-19(23)18-20(28)26-21(25-18)32-17-8-16-15(7-14(17)22)30-11-31-16/h7-8,10,13H,2-6,9,11,23H2,1H3. The first-order valence-corrected chi connectivity index (χ1v) is 12.1. The highest BCUT2D eigenvalue weighted by molar-refractivity contribution is 9.10. The molecule has 1 saturated heterocycles. The molecular formula is C21H23BrN6O3S. The minimum absolute atomic E-state index is 0.150. The lowest BCUT2D eigenvalue weighted by Crippen LogP contribution is -2.38. The van der Waals surface area contributed by atoms with Crippen LogP contribution in [0.4, 0.5) is 5.82 Å². The summed E-state index contributed by atoms with van der Waals surface area (Å²) in [5.41, 5.74) is 6.70. The summed E-state index contributed by atoms with van der Waals surface area (Å²) in [6, 6.07) is 3.80. The van der Waals surface area contributed by atoms with E-state index in [9.17, 15) is 4.79 Å². The summed E-state index contributed by atoms with van der Waals surface area (Å²) in [5, 5.41) is 0.591. The maximum atomic E-state index is 11.7. The number of imidazole rings is 1. The van der Waals surface area contributed by atoms with Crippen LogP contribution < -0.4 is 15.2 Å². The van der Waals surface area contributed by atoms with Gasteiger partial charge in [0, 0.05) is 35.9 Å². The van der Waals surface area contributed by atoms with Crippen LogP contribution in [0.25, 0.3) is 11.5 Å². The molecule has 0 aromatic heterocycles. The largest absolute Gasteiger partial charge is 0.454 e. The summed E-state index contributed by atoms with van der Waals surface area (Å²) >= 11 is 5.01. The zero-order valence-electron chi connectivity index (χ0n) is 17.6. The summed E-state index contributed by atoms with van der Waals surface area (Å²) in [6.45, 7) is 4.28. The number of hydrogen-bond acceptors (Lipinski definition) is 8. The summed E-state index contributed by atoms with van der Waals surface area (Å²) in [4.78, 5) is 28.3. The first kappa shape index (κ1) is 21.3. The molecule has 0 spiro atoms. The number of carbonyl (C=O) groups excluding carboxylic acids is 1.